The van der Waals surface area contributed by atoms with Gasteiger partial charge in [-0.15, -0.1) is 0 Å². The van der Waals surface area contributed by atoms with Crippen molar-refractivity contribution in [3.8, 4) is 0 Å². The van der Waals surface area contributed by atoms with E-state index in [1.807, 2.05) is 25.1 Å². The molecule has 8 heteroatoms. The van der Waals surface area contributed by atoms with Gasteiger partial charge in [0.2, 0.25) is 5.91 Å². The SMILES string of the molecule is CCOCCCNC(=O)Nc1ccc2sc(NC(=O)C3CCCCC3)nc2c1. The minimum atomic E-state index is -0.253. The number of anilines is 2. The summed E-state index contributed by atoms with van der Waals surface area (Å²) in [5.74, 6) is 0.174. The third-order valence-electron chi connectivity index (χ3n) is 4.81. The summed E-state index contributed by atoms with van der Waals surface area (Å²) in [6.45, 7) is 3.82. The van der Waals surface area contributed by atoms with Crippen LogP contribution in [-0.4, -0.2) is 36.7 Å². The lowest BCUT2D eigenvalue weighted by molar-refractivity contribution is -0.120. The lowest BCUT2D eigenvalue weighted by Gasteiger charge is -2.19. The van der Waals surface area contributed by atoms with Gasteiger partial charge in [0.1, 0.15) is 0 Å². The van der Waals surface area contributed by atoms with E-state index in [2.05, 4.69) is 20.9 Å². The van der Waals surface area contributed by atoms with Gasteiger partial charge in [0, 0.05) is 31.4 Å². The first-order valence-corrected chi connectivity index (χ1v) is 10.8. The number of thiazole rings is 1. The Hall–Kier alpha value is -2.19. The van der Waals surface area contributed by atoms with Gasteiger partial charge in [-0.05, 0) is 44.4 Å². The van der Waals surface area contributed by atoms with Crippen LogP contribution in [0.2, 0.25) is 0 Å². The maximum Gasteiger partial charge on any atom is 0.319 e. The van der Waals surface area contributed by atoms with Gasteiger partial charge in [-0.2, -0.15) is 0 Å². The van der Waals surface area contributed by atoms with Crippen molar-refractivity contribution in [2.45, 2.75) is 45.4 Å². The molecule has 152 valence electrons. The average Bonchev–Trinajstić information content (AvgIpc) is 3.10. The highest BCUT2D eigenvalue weighted by atomic mass is 32.1. The molecule has 1 fully saturated rings. The first-order chi connectivity index (χ1) is 13.7. The summed E-state index contributed by atoms with van der Waals surface area (Å²) in [6.07, 6.45) is 6.17. The Morgan fingerprint density at radius 1 is 1.21 bits per heavy atom. The van der Waals surface area contributed by atoms with Gasteiger partial charge in [-0.1, -0.05) is 30.6 Å². The Morgan fingerprint density at radius 2 is 2.04 bits per heavy atom. The number of hydrogen-bond acceptors (Lipinski definition) is 5. The number of aromatic nitrogens is 1. The van der Waals surface area contributed by atoms with Crippen molar-refractivity contribution in [1.29, 1.82) is 0 Å². The van der Waals surface area contributed by atoms with Crippen molar-refractivity contribution in [1.82, 2.24) is 10.3 Å². The van der Waals surface area contributed by atoms with Crippen LogP contribution in [0.5, 0.6) is 0 Å². The van der Waals surface area contributed by atoms with Gasteiger partial charge >= 0.3 is 6.03 Å². The number of ether oxygens (including phenoxy) is 1. The predicted octanol–water partition coefficient (Wildman–Crippen LogP) is 4.36. The monoisotopic (exact) mass is 404 g/mol. The first-order valence-electron chi connectivity index (χ1n) is 9.99. The Morgan fingerprint density at radius 3 is 2.82 bits per heavy atom. The normalized spacial score (nSPS) is 14.8. The quantitative estimate of drug-likeness (QED) is 0.570. The molecule has 0 atom stereocenters. The Balaban J connectivity index is 1.53. The van der Waals surface area contributed by atoms with Gasteiger partial charge in [0.15, 0.2) is 5.13 Å². The van der Waals surface area contributed by atoms with Gasteiger partial charge < -0.3 is 20.7 Å². The van der Waals surface area contributed by atoms with E-state index in [-0.39, 0.29) is 17.9 Å². The molecule has 0 aliphatic heterocycles. The number of nitrogens with zero attached hydrogens (tertiary/aromatic N) is 1. The summed E-state index contributed by atoms with van der Waals surface area (Å²) < 4.78 is 6.22. The molecule has 1 heterocycles. The van der Waals surface area contributed by atoms with Crippen LogP contribution >= 0.6 is 11.3 Å². The van der Waals surface area contributed by atoms with Crippen LogP contribution < -0.4 is 16.0 Å². The van der Waals surface area contributed by atoms with Gasteiger partial charge in [0.05, 0.1) is 10.2 Å². The summed E-state index contributed by atoms with van der Waals surface area (Å²) in [5.41, 5.74) is 1.43. The molecule has 1 saturated carbocycles. The first kappa shape index (κ1) is 20.5. The Labute approximate surface area is 169 Å². The number of carbonyl (C=O) groups is 2. The molecule has 0 radical (unpaired) electrons. The van der Waals surface area contributed by atoms with E-state index in [0.29, 0.717) is 30.6 Å². The molecular formula is C20H28N4O3S. The van der Waals surface area contributed by atoms with Crippen LogP contribution in [0, 0.1) is 5.92 Å². The highest BCUT2D eigenvalue weighted by Gasteiger charge is 2.22. The van der Waals surface area contributed by atoms with Crippen LogP contribution in [0.3, 0.4) is 0 Å². The summed E-state index contributed by atoms with van der Waals surface area (Å²) in [4.78, 5) is 28.9. The van der Waals surface area contributed by atoms with Crippen LogP contribution in [0.4, 0.5) is 15.6 Å². The third kappa shape index (κ3) is 5.90. The molecule has 0 bridgehead atoms. The van der Waals surface area contributed by atoms with Crippen molar-refractivity contribution >= 4 is 44.3 Å². The van der Waals surface area contributed by atoms with Crippen LogP contribution in [-0.2, 0) is 9.53 Å². The molecule has 7 nitrogen and oxygen atoms in total. The molecule has 0 spiro atoms. The second-order valence-electron chi connectivity index (χ2n) is 6.96. The zero-order valence-corrected chi connectivity index (χ0v) is 17.1. The number of carbonyl (C=O) groups excluding carboxylic acids is 2. The molecule has 3 rings (SSSR count). The van der Waals surface area contributed by atoms with E-state index < -0.39 is 0 Å². The second-order valence-corrected chi connectivity index (χ2v) is 7.99. The highest BCUT2D eigenvalue weighted by Crippen LogP contribution is 2.30. The van der Waals surface area contributed by atoms with Gasteiger partial charge in [-0.25, -0.2) is 9.78 Å². The summed E-state index contributed by atoms with van der Waals surface area (Å²) >= 11 is 1.45. The molecule has 0 saturated heterocycles. The Bertz CT molecular complexity index is 802. The number of rotatable bonds is 8. The van der Waals surface area contributed by atoms with Crippen LogP contribution in [0.15, 0.2) is 18.2 Å². The molecule has 28 heavy (non-hydrogen) atoms. The van der Waals surface area contributed by atoms with E-state index in [1.54, 1.807) is 0 Å². The van der Waals surface area contributed by atoms with Gasteiger partial charge in [0.25, 0.3) is 0 Å². The largest absolute Gasteiger partial charge is 0.382 e. The number of fused-ring (bicyclic) bond motifs is 1. The standard InChI is InChI=1S/C20H28N4O3S/c1-2-27-12-6-11-21-19(26)22-15-9-10-17-16(13-15)23-20(28-17)24-18(25)14-7-4-3-5-8-14/h9-10,13-14H,2-8,11-12H2,1H3,(H2,21,22,26)(H,23,24,25). The number of benzene rings is 1. The van der Waals surface area contributed by atoms with Crippen molar-refractivity contribution in [2.24, 2.45) is 5.92 Å². The highest BCUT2D eigenvalue weighted by molar-refractivity contribution is 7.22. The fourth-order valence-corrected chi connectivity index (χ4v) is 4.18. The molecular weight excluding hydrogens is 376 g/mol. The maximum absolute atomic E-state index is 12.4. The minimum Gasteiger partial charge on any atom is -0.382 e. The van der Waals surface area contributed by atoms with Crippen LogP contribution in [0.1, 0.15) is 45.4 Å². The van der Waals surface area contributed by atoms with E-state index in [4.69, 9.17) is 4.74 Å². The summed E-state index contributed by atoms with van der Waals surface area (Å²) in [6, 6.07) is 5.32. The van der Waals surface area contributed by atoms with Gasteiger partial charge in [-0.3, -0.25) is 4.79 Å². The topological polar surface area (TPSA) is 92.4 Å². The molecule has 0 unspecified atom stereocenters. The lowest BCUT2D eigenvalue weighted by atomic mass is 9.89. The second kappa shape index (κ2) is 10.4. The van der Waals surface area contributed by atoms with Crippen molar-refractivity contribution in [3.05, 3.63) is 18.2 Å². The van der Waals surface area contributed by atoms with Crippen molar-refractivity contribution in [3.63, 3.8) is 0 Å². The number of hydrogen-bond donors (Lipinski definition) is 3. The fraction of sp³-hybridized carbons (Fsp3) is 0.550. The molecule has 3 amide bonds. The maximum atomic E-state index is 12.4. The minimum absolute atomic E-state index is 0.0727. The molecule has 1 aliphatic carbocycles. The molecule has 1 aromatic carbocycles. The zero-order chi connectivity index (χ0) is 19.8. The zero-order valence-electron chi connectivity index (χ0n) is 16.3. The average molecular weight is 405 g/mol. The summed E-state index contributed by atoms with van der Waals surface area (Å²) in [7, 11) is 0. The number of urea groups is 1. The molecule has 2 aromatic rings. The van der Waals surface area contributed by atoms with Crippen molar-refractivity contribution in [2.75, 3.05) is 30.4 Å². The van der Waals surface area contributed by atoms with E-state index in [0.717, 1.165) is 42.3 Å². The summed E-state index contributed by atoms with van der Waals surface area (Å²) in [5, 5.41) is 9.19. The van der Waals surface area contributed by atoms with E-state index in [1.165, 1.54) is 17.8 Å². The lowest BCUT2D eigenvalue weighted by Crippen LogP contribution is -2.30. The molecule has 1 aromatic heterocycles. The Kier molecular flexibility index (Phi) is 7.62. The van der Waals surface area contributed by atoms with E-state index >= 15 is 0 Å². The third-order valence-corrected chi connectivity index (χ3v) is 5.76. The van der Waals surface area contributed by atoms with Crippen molar-refractivity contribution < 1.29 is 14.3 Å². The van der Waals surface area contributed by atoms with E-state index in [9.17, 15) is 9.59 Å². The smallest absolute Gasteiger partial charge is 0.319 e. The van der Waals surface area contributed by atoms with Crippen LogP contribution in [0.25, 0.3) is 10.2 Å². The fourth-order valence-electron chi connectivity index (χ4n) is 3.33. The number of amides is 3. The molecule has 3 N–H and O–H groups in total. The molecule has 1 aliphatic rings. The predicted molar refractivity (Wildman–Crippen MR) is 113 cm³/mol. The number of nitrogens with one attached hydrogen (secondary N) is 3.